The summed E-state index contributed by atoms with van der Waals surface area (Å²) in [6, 6.07) is 11.2. The maximum Gasteiger partial charge on any atom is 0.272 e. The van der Waals surface area contributed by atoms with Crippen LogP contribution in [0, 0.1) is 5.82 Å². The summed E-state index contributed by atoms with van der Waals surface area (Å²) in [6.07, 6.45) is 0.698. The van der Waals surface area contributed by atoms with Crippen LogP contribution in [0.25, 0.3) is 5.69 Å². The van der Waals surface area contributed by atoms with Crippen molar-refractivity contribution in [3.05, 3.63) is 69.9 Å². The van der Waals surface area contributed by atoms with Gasteiger partial charge in [-0.3, -0.25) is 14.2 Å². The van der Waals surface area contributed by atoms with Gasteiger partial charge >= 0.3 is 0 Å². The van der Waals surface area contributed by atoms with Crippen LogP contribution in [0.2, 0.25) is 0 Å². The average Bonchev–Trinajstić information content (AvgIpc) is 3.42. The number of nitrogens with one attached hydrogen (secondary N) is 1. The van der Waals surface area contributed by atoms with Crippen LogP contribution in [0.4, 0.5) is 4.39 Å². The van der Waals surface area contributed by atoms with Gasteiger partial charge in [0.1, 0.15) is 5.82 Å². The quantitative estimate of drug-likeness (QED) is 0.422. The number of hydrogen-bond acceptors (Lipinski definition) is 7. The molecule has 1 atom stereocenters. The van der Waals surface area contributed by atoms with E-state index < -0.39 is 0 Å². The molecule has 0 fully saturated rings. The Labute approximate surface area is 197 Å². The molecular formula is C23H20FN3O4S2. The SMILES string of the molecule is CC1Cc2nc(SCC(=O)NCc3ccc4c(c3)OCO4)n(-c3ccc(F)cc3)c(=O)c2S1. The molecule has 2 aromatic carbocycles. The van der Waals surface area contributed by atoms with Crippen molar-refractivity contribution in [3.63, 3.8) is 0 Å². The van der Waals surface area contributed by atoms with E-state index >= 15 is 0 Å². The molecule has 3 heterocycles. The van der Waals surface area contributed by atoms with Crippen molar-refractivity contribution in [2.75, 3.05) is 12.5 Å². The Hall–Kier alpha value is -2.98. The molecule has 0 saturated carbocycles. The van der Waals surface area contributed by atoms with Gasteiger partial charge in [0.2, 0.25) is 12.7 Å². The van der Waals surface area contributed by atoms with Crippen LogP contribution in [-0.4, -0.2) is 33.3 Å². The number of carbonyl (C=O) groups excluding carboxylic acids is 1. The van der Waals surface area contributed by atoms with Gasteiger partial charge in [-0.25, -0.2) is 9.37 Å². The molecule has 5 rings (SSSR count). The van der Waals surface area contributed by atoms with E-state index in [1.165, 1.54) is 52.4 Å². The topological polar surface area (TPSA) is 82.4 Å². The molecular weight excluding hydrogens is 465 g/mol. The van der Waals surface area contributed by atoms with Gasteiger partial charge in [-0.15, -0.1) is 11.8 Å². The summed E-state index contributed by atoms with van der Waals surface area (Å²) >= 11 is 2.68. The Balaban J connectivity index is 1.33. The number of aromatic nitrogens is 2. The van der Waals surface area contributed by atoms with Crippen LogP contribution >= 0.6 is 23.5 Å². The van der Waals surface area contributed by atoms with Crippen LogP contribution in [0.1, 0.15) is 18.2 Å². The summed E-state index contributed by atoms with van der Waals surface area (Å²) in [4.78, 5) is 31.1. The number of ether oxygens (including phenoxy) is 2. The van der Waals surface area contributed by atoms with Crippen LogP contribution < -0.4 is 20.3 Å². The first kappa shape index (κ1) is 21.8. The summed E-state index contributed by atoms with van der Waals surface area (Å²) in [5, 5.41) is 3.55. The molecule has 170 valence electrons. The molecule has 0 bridgehead atoms. The number of thioether (sulfide) groups is 2. The first-order valence-corrected chi connectivity index (χ1v) is 12.2. The zero-order valence-electron chi connectivity index (χ0n) is 17.7. The van der Waals surface area contributed by atoms with E-state index in [4.69, 9.17) is 14.5 Å². The van der Waals surface area contributed by atoms with E-state index in [0.717, 1.165) is 11.3 Å². The number of rotatable bonds is 6. The molecule has 2 aliphatic rings. The molecule has 0 saturated heterocycles. The average molecular weight is 486 g/mol. The molecule has 0 spiro atoms. The molecule has 3 aromatic rings. The largest absolute Gasteiger partial charge is 0.454 e. The third-order valence-corrected chi connectivity index (χ3v) is 7.38. The molecule has 0 radical (unpaired) electrons. The van der Waals surface area contributed by atoms with E-state index in [-0.39, 0.29) is 35.1 Å². The lowest BCUT2D eigenvalue weighted by Gasteiger charge is -2.14. The number of benzene rings is 2. The zero-order chi connectivity index (χ0) is 22.9. The highest BCUT2D eigenvalue weighted by atomic mass is 32.2. The Kier molecular flexibility index (Phi) is 6.03. The third-order valence-electron chi connectivity index (χ3n) is 5.23. The molecule has 33 heavy (non-hydrogen) atoms. The van der Waals surface area contributed by atoms with Crippen LogP contribution in [0.3, 0.4) is 0 Å². The van der Waals surface area contributed by atoms with E-state index in [0.29, 0.717) is 40.2 Å². The number of fused-ring (bicyclic) bond motifs is 2. The lowest BCUT2D eigenvalue weighted by molar-refractivity contribution is -0.118. The third kappa shape index (κ3) is 4.58. The van der Waals surface area contributed by atoms with Gasteiger partial charge in [0.25, 0.3) is 5.56 Å². The minimum Gasteiger partial charge on any atom is -0.454 e. The molecule has 1 N–H and O–H groups in total. The van der Waals surface area contributed by atoms with Crippen molar-refractivity contribution >= 4 is 29.4 Å². The molecule has 1 amide bonds. The van der Waals surface area contributed by atoms with Crippen LogP contribution in [0.5, 0.6) is 11.5 Å². The standard InChI is InChI=1S/C23H20FN3O4S2/c1-13-8-17-21(33-13)22(29)27(16-5-3-15(24)4-6-16)23(26-17)32-11-20(28)25-10-14-2-7-18-19(9-14)31-12-30-18/h2-7,9,13H,8,10-12H2,1H3,(H,25,28). The summed E-state index contributed by atoms with van der Waals surface area (Å²) in [7, 11) is 0. The molecule has 0 aliphatic carbocycles. The summed E-state index contributed by atoms with van der Waals surface area (Å²) in [5.41, 5.74) is 1.96. The maximum atomic E-state index is 13.4. The van der Waals surface area contributed by atoms with Gasteiger partial charge in [0, 0.05) is 18.2 Å². The number of hydrogen-bond donors (Lipinski definition) is 1. The van der Waals surface area contributed by atoms with E-state index in [9.17, 15) is 14.0 Å². The van der Waals surface area contributed by atoms with Gasteiger partial charge in [-0.2, -0.15) is 0 Å². The number of carbonyl (C=O) groups is 1. The second-order valence-corrected chi connectivity index (χ2v) is 10.1. The van der Waals surface area contributed by atoms with Crippen LogP contribution in [0.15, 0.2) is 57.3 Å². The summed E-state index contributed by atoms with van der Waals surface area (Å²) in [5.74, 6) is 0.852. The molecule has 10 heteroatoms. The lowest BCUT2D eigenvalue weighted by atomic mass is 10.2. The first-order chi connectivity index (χ1) is 16.0. The number of nitrogens with zero attached hydrogens (tertiary/aromatic N) is 2. The fourth-order valence-corrected chi connectivity index (χ4v) is 5.60. The van der Waals surface area contributed by atoms with E-state index in [1.807, 2.05) is 25.1 Å². The van der Waals surface area contributed by atoms with Gasteiger partial charge in [-0.1, -0.05) is 24.8 Å². The van der Waals surface area contributed by atoms with Crippen molar-refractivity contribution in [2.45, 2.75) is 35.2 Å². The van der Waals surface area contributed by atoms with Crippen molar-refractivity contribution in [1.82, 2.24) is 14.9 Å². The maximum absolute atomic E-state index is 13.4. The smallest absolute Gasteiger partial charge is 0.272 e. The van der Waals surface area contributed by atoms with Gasteiger partial charge in [0.05, 0.1) is 22.0 Å². The number of halogens is 1. The molecule has 1 unspecified atom stereocenters. The zero-order valence-corrected chi connectivity index (χ0v) is 19.3. The fourth-order valence-electron chi connectivity index (χ4n) is 3.65. The Morgan fingerprint density at radius 3 is 2.85 bits per heavy atom. The van der Waals surface area contributed by atoms with Gasteiger partial charge in [0.15, 0.2) is 16.7 Å². The van der Waals surface area contributed by atoms with Crippen molar-refractivity contribution < 1.29 is 18.7 Å². The predicted octanol–water partition coefficient (Wildman–Crippen LogP) is 3.55. The summed E-state index contributed by atoms with van der Waals surface area (Å²) < 4.78 is 25.6. The van der Waals surface area contributed by atoms with Gasteiger partial charge < -0.3 is 14.8 Å². The fraction of sp³-hybridized carbons (Fsp3) is 0.261. The molecule has 2 aliphatic heterocycles. The van der Waals surface area contributed by atoms with Crippen molar-refractivity contribution in [2.24, 2.45) is 0 Å². The van der Waals surface area contributed by atoms with Crippen molar-refractivity contribution in [3.8, 4) is 17.2 Å². The van der Waals surface area contributed by atoms with Gasteiger partial charge in [-0.05, 0) is 42.0 Å². The van der Waals surface area contributed by atoms with E-state index in [2.05, 4.69) is 5.32 Å². The first-order valence-electron chi connectivity index (χ1n) is 10.3. The minimum absolute atomic E-state index is 0.0830. The highest BCUT2D eigenvalue weighted by molar-refractivity contribution is 8.00. The Morgan fingerprint density at radius 1 is 1.24 bits per heavy atom. The minimum atomic E-state index is -0.388. The highest BCUT2D eigenvalue weighted by Crippen LogP contribution is 2.35. The normalized spacial score (nSPS) is 16.0. The van der Waals surface area contributed by atoms with E-state index in [1.54, 1.807) is 0 Å². The lowest BCUT2D eigenvalue weighted by Crippen LogP contribution is -2.27. The van der Waals surface area contributed by atoms with Crippen LogP contribution in [-0.2, 0) is 17.8 Å². The summed E-state index contributed by atoms with van der Waals surface area (Å²) in [6.45, 7) is 2.58. The predicted molar refractivity (Wildman–Crippen MR) is 124 cm³/mol. The monoisotopic (exact) mass is 485 g/mol. The second kappa shape index (κ2) is 9.11. The molecule has 7 nitrogen and oxygen atoms in total. The number of amides is 1. The Morgan fingerprint density at radius 2 is 2.03 bits per heavy atom. The highest BCUT2D eigenvalue weighted by Gasteiger charge is 2.27. The Bertz CT molecular complexity index is 1280. The molecule has 1 aromatic heterocycles. The van der Waals surface area contributed by atoms with Crippen molar-refractivity contribution in [1.29, 1.82) is 0 Å². The second-order valence-electron chi connectivity index (χ2n) is 7.67.